The van der Waals surface area contributed by atoms with Gasteiger partial charge in [0, 0.05) is 23.1 Å². The number of hydrogen-bond acceptors (Lipinski definition) is 3. The lowest BCUT2D eigenvalue weighted by atomic mass is 9.85. The Morgan fingerprint density at radius 2 is 1.84 bits per heavy atom. The highest BCUT2D eigenvalue weighted by atomic mass is 79.9. The quantitative estimate of drug-likeness (QED) is 0.621. The van der Waals surface area contributed by atoms with Crippen LogP contribution >= 0.6 is 15.9 Å². The molecule has 25 heavy (non-hydrogen) atoms. The molecule has 2 bridgehead atoms. The van der Waals surface area contributed by atoms with Gasteiger partial charge in [-0.15, -0.1) is 0 Å². The Balaban J connectivity index is 1.37. The number of allylic oxidation sites excluding steroid dienone is 2. The molecule has 1 saturated heterocycles. The number of rotatable bonds is 4. The highest BCUT2D eigenvalue weighted by Gasteiger charge is 2.58. The molecule has 0 unspecified atom stereocenters. The number of fused-ring (bicyclic) bond motifs is 5. The number of amides is 3. The first kappa shape index (κ1) is 16.5. The van der Waals surface area contributed by atoms with Gasteiger partial charge in [-0.2, -0.15) is 0 Å². The minimum Gasteiger partial charge on any atom is -0.326 e. The number of aryl methyl sites for hydroxylation is 1. The summed E-state index contributed by atoms with van der Waals surface area (Å²) in [5.74, 6) is -0.370. The maximum Gasteiger partial charge on any atom is 0.233 e. The molecule has 4 rings (SSSR count). The summed E-state index contributed by atoms with van der Waals surface area (Å²) in [6, 6.07) is 5.57. The van der Waals surface area contributed by atoms with Gasteiger partial charge in [0.1, 0.15) is 0 Å². The van der Waals surface area contributed by atoms with Crippen molar-refractivity contribution in [2.45, 2.75) is 19.8 Å². The van der Waals surface area contributed by atoms with Gasteiger partial charge in [0.2, 0.25) is 17.7 Å². The molecular weight excluding hydrogens is 384 g/mol. The van der Waals surface area contributed by atoms with Crippen LogP contribution in [0.3, 0.4) is 0 Å². The van der Waals surface area contributed by atoms with E-state index in [1.54, 1.807) is 0 Å². The molecule has 6 heteroatoms. The van der Waals surface area contributed by atoms with Gasteiger partial charge < -0.3 is 5.32 Å². The van der Waals surface area contributed by atoms with E-state index in [1.807, 2.05) is 25.1 Å². The van der Waals surface area contributed by atoms with E-state index in [0.717, 1.165) is 16.5 Å². The monoisotopic (exact) mass is 402 g/mol. The van der Waals surface area contributed by atoms with Crippen molar-refractivity contribution in [2.75, 3.05) is 11.9 Å². The third-order valence-electron chi connectivity index (χ3n) is 5.57. The average molecular weight is 403 g/mol. The first-order chi connectivity index (χ1) is 12.0. The number of benzene rings is 1. The van der Waals surface area contributed by atoms with E-state index in [0.29, 0.717) is 5.69 Å². The van der Waals surface area contributed by atoms with Gasteiger partial charge in [0.05, 0.1) is 11.8 Å². The molecule has 1 aromatic carbocycles. The Bertz CT molecular complexity index is 774. The van der Waals surface area contributed by atoms with Crippen LogP contribution in [0.25, 0.3) is 0 Å². The van der Waals surface area contributed by atoms with Crippen molar-refractivity contribution in [1.29, 1.82) is 0 Å². The lowest BCUT2D eigenvalue weighted by molar-refractivity contribution is -0.140. The third kappa shape index (κ3) is 2.72. The van der Waals surface area contributed by atoms with Crippen molar-refractivity contribution in [3.8, 4) is 0 Å². The molecule has 0 aromatic heterocycles. The molecule has 1 N–H and O–H groups in total. The van der Waals surface area contributed by atoms with Gasteiger partial charge in [-0.05, 0) is 48.9 Å². The van der Waals surface area contributed by atoms with Crippen LogP contribution in [-0.2, 0) is 14.4 Å². The number of carbonyl (C=O) groups excluding carboxylic acids is 3. The lowest BCUT2D eigenvalue weighted by Gasteiger charge is -2.17. The zero-order chi connectivity index (χ0) is 17.7. The van der Waals surface area contributed by atoms with Crippen LogP contribution < -0.4 is 5.32 Å². The molecule has 3 amide bonds. The predicted molar refractivity (Wildman–Crippen MR) is 96.6 cm³/mol. The fourth-order valence-electron chi connectivity index (χ4n) is 4.34. The number of imide groups is 1. The Hall–Kier alpha value is -1.95. The molecule has 0 radical (unpaired) electrons. The van der Waals surface area contributed by atoms with Crippen LogP contribution in [0, 0.1) is 30.6 Å². The molecule has 2 fully saturated rings. The number of halogens is 1. The van der Waals surface area contributed by atoms with Gasteiger partial charge in [-0.25, -0.2) is 0 Å². The van der Waals surface area contributed by atoms with Crippen LogP contribution in [0.1, 0.15) is 18.4 Å². The maximum atomic E-state index is 12.6. The van der Waals surface area contributed by atoms with E-state index in [4.69, 9.17) is 0 Å². The Morgan fingerprint density at radius 3 is 2.44 bits per heavy atom. The van der Waals surface area contributed by atoms with Crippen LogP contribution in [0.2, 0.25) is 0 Å². The minimum atomic E-state index is -0.195. The minimum absolute atomic E-state index is 0.0980. The summed E-state index contributed by atoms with van der Waals surface area (Å²) < 4.78 is 0.980. The van der Waals surface area contributed by atoms with E-state index < -0.39 is 0 Å². The van der Waals surface area contributed by atoms with Crippen LogP contribution in [-0.4, -0.2) is 29.2 Å². The first-order valence-electron chi connectivity index (χ1n) is 8.55. The molecule has 4 atom stereocenters. The summed E-state index contributed by atoms with van der Waals surface area (Å²) in [6.45, 7) is 2.11. The molecular formula is C19H19BrN2O3. The summed E-state index contributed by atoms with van der Waals surface area (Å²) in [5.41, 5.74) is 1.74. The summed E-state index contributed by atoms with van der Waals surface area (Å²) in [6.07, 6.45) is 5.19. The Labute approximate surface area is 154 Å². The number of anilines is 1. The lowest BCUT2D eigenvalue weighted by Crippen LogP contribution is -2.35. The molecule has 130 valence electrons. The number of nitrogens with one attached hydrogen (secondary N) is 1. The largest absolute Gasteiger partial charge is 0.326 e. The van der Waals surface area contributed by atoms with Crippen molar-refractivity contribution >= 4 is 39.3 Å². The number of hydrogen-bond donors (Lipinski definition) is 1. The second kappa shape index (κ2) is 6.09. The zero-order valence-electron chi connectivity index (χ0n) is 13.9. The van der Waals surface area contributed by atoms with E-state index in [1.165, 1.54) is 4.90 Å². The topological polar surface area (TPSA) is 66.5 Å². The molecule has 5 nitrogen and oxygen atoms in total. The standard InChI is InChI=1S/C19H19BrN2O3/c1-10-8-13(4-5-14(10)20)21-15(23)6-7-22-18(24)16-11-2-3-12(9-11)17(16)19(22)25/h2-5,8,11-12,16-17H,6-7,9H2,1H3,(H,21,23)/t11-,12-,16+,17+/m0/s1. The molecule has 1 heterocycles. The number of carbonyl (C=O) groups is 3. The van der Waals surface area contributed by atoms with Crippen LogP contribution in [0.15, 0.2) is 34.8 Å². The fourth-order valence-corrected chi connectivity index (χ4v) is 4.59. The first-order valence-corrected chi connectivity index (χ1v) is 9.34. The summed E-state index contributed by atoms with van der Waals surface area (Å²) in [7, 11) is 0. The number of nitrogens with zero attached hydrogens (tertiary/aromatic N) is 1. The molecule has 2 aliphatic carbocycles. The number of likely N-dealkylation sites (tertiary alicyclic amines) is 1. The Morgan fingerprint density at radius 1 is 1.20 bits per heavy atom. The van der Waals surface area contributed by atoms with E-state index in [9.17, 15) is 14.4 Å². The third-order valence-corrected chi connectivity index (χ3v) is 6.46. The normalized spacial score (nSPS) is 29.4. The summed E-state index contributed by atoms with van der Waals surface area (Å²) in [5, 5.41) is 2.82. The molecule has 1 aromatic rings. The second-order valence-electron chi connectivity index (χ2n) is 7.09. The Kier molecular flexibility index (Phi) is 4.02. The van der Waals surface area contributed by atoms with E-state index in [2.05, 4.69) is 33.4 Å². The molecule has 1 saturated carbocycles. The summed E-state index contributed by atoms with van der Waals surface area (Å²) >= 11 is 3.42. The van der Waals surface area contributed by atoms with Gasteiger partial charge in [-0.3, -0.25) is 19.3 Å². The molecule has 0 spiro atoms. The average Bonchev–Trinajstić information content (AvgIpc) is 3.24. The molecule has 1 aliphatic heterocycles. The predicted octanol–water partition coefficient (Wildman–Crippen LogP) is 2.89. The van der Waals surface area contributed by atoms with Crippen LogP contribution in [0.4, 0.5) is 5.69 Å². The second-order valence-corrected chi connectivity index (χ2v) is 7.94. The van der Waals surface area contributed by atoms with Crippen molar-refractivity contribution in [2.24, 2.45) is 23.7 Å². The zero-order valence-corrected chi connectivity index (χ0v) is 15.5. The summed E-state index contributed by atoms with van der Waals surface area (Å²) in [4.78, 5) is 38.6. The SMILES string of the molecule is Cc1cc(NC(=O)CCN2C(=O)[C@H]3[C@H](C2=O)[C@H]2C=C[C@H]3C2)ccc1Br. The van der Waals surface area contributed by atoms with Crippen molar-refractivity contribution in [3.63, 3.8) is 0 Å². The van der Waals surface area contributed by atoms with Gasteiger partial charge >= 0.3 is 0 Å². The highest BCUT2D eigenvalue weighted by Crippen LogP contribution is 2.52. The smallest absolute Gasteiger partial charge is 0.233 e. The molecule has 3 aliphatic rings. The van der Waals surface area contributed by atoms with Crippen molar-refractivity contribution in [1.82, 2.24) is 4.90 Å². The van der Waals surface area contributed by atoms with Crippen LogP contribution in [0.5, 0.6) is 0 Å². The van der Waals surface area contributed by atoms with Gasteiger partial charge in [0.15, 0.2) is 0 Å². The van der Waals surface area contributed by atoms with Crippen molar-refractivity contribution in [3.05, 3.63) is 40.4 Å². The fraction of sp³-hybridized carbons (Fsp3) is 0.421. The van der Waals surface area contributed by atoms with E-state index >= 15 is 0 Å². The van der Waals surface area contributed by atoms with Gasteiger partial charge in [-0.1, -0.05) is 28.1 Å². The maximum absolute atomic E-state index is 12.6. The van der Waals surface area contributed by atoms with Gasteiger partial charge in [0.25, 0.3) is 0 Å². The van der Waals surface area contributed by atoms with E-state index in [-0.39, 0.29) is 54.4 Å². The van der Waals surface area contributed by atoms with Crippen molar-refractivity contribution < 1.29 is 14.4 Å². The highest BCUT2D eigenvalue weighted by molar-refractivity contribution is 9.10.